The summed E-state index contributed by atoms with van der Waals surface area (Å²) in [5.41, 5.74) is 1.04. The Balaban J connectivity index is 2.02. The van der Waals surface area contributed by atoms with E-state index in [0.717, 1.165) is 37.7 Å². The van der Waals surface area contributed by atoms with Crippen molar-refractivity contribution in [1.82, 2.24) is 9.88 Å². The molecule has 0 spiro atoms. The maximum Gasteiger partial charge on any atom is 0.126 e. The maximum atomic E-state index is 5.93. The Morgan fingerprint density at radius 2 is 2.26 bits per heavy atom. The van der Waals surface area contributed by atoms with Gasteiger partial charge < -0.3 is 10.1 Å². The zero-order valence-corrected chi connectivity index (χ0v) is 12.4. The molecule has 0 saturated carbocycles. The zero-order chi connectivity index (χ0) is 13.9. The molecule has 0 aliphatic carbocycles. The van der Waals surface area contributed by atoms with Crippen LogP contribution in [0.5, 0.6) is 0 Å². The van der Waals surface area contributed by atoms with Crippen molar-refractivity contribution in [3.8, 4) is 0 Å². The van der Waals surface area contributed by atoms with E-state index in [1.165, 1.54) is 0 Å². The topological polar surface area (TPSA) is 37.4 Å². The van der Waals surface area contributed by atoms with Crippen LogP contribution in [0.15, 0.2) is 18.2 Å². The SMILES string of the molecule is CCNc1cccc(CN2CC(C)OC(C)(C)C2)n1. The third kappa shape index (κ3) is 4.18. The van der Waals surface area contributed by atoms with Gasteiger partial charge in [-0.15, -0.1) is 0 Å². The van der Waals surface area contributed by atoms with Gasteiger partial charge in [0, 0.05) is 26.2 Å². The van der Waals surface area contributed by atoms with Gasteiger partial charge in [0.25, 0.3) is 0 Å². The van der Waals surface area contributed by atoms with Gasteiger partial charge in [-0.05, 0) is 39.8 Å². The second kappa shape index (κ2) is 5.88. The van der Waals surface area contributed by atoms with E-state index in [9.17, 15) is 0 Å². The standard InChI is InChI=1S/C15H25N3O/c1-5-16-14-8-6-7-13(17-14)10-18-9-12(2)19-15(3,4)11-18/h6-8,12H,5,9-11H2,1-4H3,(H,16,17). The monoisotopic (exact) mass is 263 g/mol. The predicted octanol–water partition coefficient (Wildman–Crippen LogP) is 2.51. The Labute approximate surface area is 116 Å². The number of ether oxygens (including phenoxy) is 1. The molecule has 1 aliphatic heterocycles. The van der Waals surface area contributed by atoms with Crippen LogP contribution in [0, 0.1) is 0 Å². The second-order valence-corrected chi connectivity index (χ2v) is 5.90. The molecule has 2 rings (SSSR count). The Bertz CT molecular complexity index is 420. The van der Waals surface area contributed by atoms with Crippen molar-refractivity contribution < 1.29 is 4.74 Å². The van der Waals surface area contributed by atoms with Crippen molar-refractivity contribution in [1.29, 1.82) is 0 Å². The van der Waals surface area contributed by atoms with Crippen molar-refractivity contribution in [2.24, 2.45) is 0 Å². The molecule has 1 atom stereocenters. The predicted molar refractivity (Wildman–Crippen MR) is 78.3 cm³/mol. The van der Waals surface area contributed by atoms with Crippen LogP contribution >= 0.6 is 0 Å². The molecule has 0 aromatic carbocycles. The minimum atomic E-state index is -0.0725. The third-order valence-corrected chi connectivity index (χ3v) is 3.19. The molecule has 1 aromatic rings. The molecule has 19 heavy (non-hydrogen) atoms. The number of morpholine rings is 1. The summed E-state index contributed by atoms with van der Waals surface area (Å²) in [5.74, 6) is 0.959. The molecule has 1 saturated heterocycles. The summed E-state index contributed by atoms with van der Waals surface area (Å²) in [6.07, 6.45) is 0.278. The molecule has 1 aliphatic rings. The number of pyridine rings is 1. The van der Waals surface area contributed by atoms with Crippen molar-refractivity contribution >= 4 is 5.82 Å². The average Bonchev–Trinajstić information content (AvgIpc) is 2.26. The Kier molecular flexibility index (Phi) is 4.42. The second-order valence-electron chi connectivity index (χ2n) is 5.90. The Morgan fingerprint density at radius 1 is 1.47 bits per heavy atom. The van der Waals surface area contributed by atoms with Gasteiger partial charge in [-0.25, -0.2) is 4.98 Å². The highest BCUT2D eigenvalue weighted by Crippen LogP contribution is 2.22. The Morgan fingerprint density at radius 3 is 2.95 bits per heavy atom. The smallest absolute Gasteiger partial charge is 0.126 e. The van der Waals surface area contributed by atoms with Gasteiger partial charge in [0.15, 0.2) is 0 Å². The van der Waals surface area contributed by atoms with Gasteiger partial charge in [0.05, 0.1) is 17.4 Å². The van der Waals surface area contributed by atoms with E-state index in [-0.39, 0.29) is 11.7 Å². The fraction of sp³-hybridized carbons (Fsp3) is 0.667. The molecule has 4 heteroatoms. The fourth-order valence-corrected chi connectivity index (χ4v) is 2.78. The van der Waals surface area contributed by atoms with Crippen LogP contribution in [-0.4, -0.2) is 41.2 Å². The van der Waals surface area contributed by atoms with Crippen LogP contribution < -0.4 is 5.32 Å². The zero-order valence-electron chi connectivity index (χ0n) is 12.4. The number of nitrogens with one attached hydrogen (secondary N) is 1. The molecule has 0 radical (unpaired) electrons. The Hall–Kier alpha value is -1.13. The summed E-state index contributed by atoms with van der Waals surface area (Å²) in [5, 5.41) is 3.26. The lowest BCUT2D eigenvalue weighted by Crippen LogP contribution is -2.51. The van der Waals surface area contributed by atoms with E-state index in [1.54, 1.807) is 0 Å². The summed E-state index contributed by atoms with van der Waals surface area (Å²) in [7, 11) is 0. The first kappa shape index (κ1) is 14.3. The summed E-state index contributed by atoms with van der Waals surface area (Å²) >= 11 is 0. The summed E-state index contributed by atoms with van der Waals surface area (Å²) in [6.45, 7) is 12.2. The molecule has 1 N–H and O–H groups in total. The number of hydrogen-bond donors (Lipinski definition) is 1. The molecule has 0 bridgehead atoms. The molecule has 1 unspecified atom stereocenters. The largest absolute Gasteiger partial charge is 0.370 e. The van der Waals surface area contributed by atoms with Crippen molar-refractivity contribution in [3.05, 3.63) is 23.9 Å². The van der Waals surface area contributed by atoms with Gasteiger partial charge in [-0.1, -0.05) is 6.07 Å². The summed E-state index contributed by atoms with van der Waals surface area (Å²) < 4.78 is 5.93. The molecule has 0 amide bonds. The van der Waals surface area contributed by atoms with E-state index in [2.05, 4.69) is 55.0 Å². The van der Waals surface area contributed by atoms with Crippen LogP contribution in [0.1, 0.15) is 33.4 Å². The molecular weight excluding hydrogens is 238 g/mol. The highest BCUT2D eigenvalue weighted by molar-refractivity contribution is 5.34. The van der Waals surface area contributed by atoms with E-state index < -0.39 is 0 Å². The molecule has 2 heterocycles. The van der Waals surface area contributed by atoms with Gasteiger partial charge >= 0.3 is 0 Å². The van der Waals surface area contributed by atoms with Crippen LogP contribution in [0.4, 0.5) is 5.82 Å². The number of anilines is 1. The number of rotatable bonds is 4. The number of nitrogens with zero attached hydrogens (tertiary/aromatic N) is 2. The van der Waals surface area contributed by atoms with E-state index >= 15 is 0 Å². The van der Waals surface area contributed by atoms with E-state index in [1.807, 2.05) is 6.07 Å². The van der Waals surface area contributed by atoms with Crippen LogP contribution in [0.25, 0.3) is 0 Å². The maximum absolute atomic E-state index is 5.93. The van der Waals surface area contributed by atoms with Crippen LogP contribution in [-0.2, 0) is 11.3 Å². The molecule has 1 fully saturated rings. The first-order valence-corrected chi connectivity index (χ1v) is 7.08. The number of aromatic nitrogens is 1. The quantitative estimate of drug-likeness (QED) is 0.905. The highest BCUT2D eigenvalue weighted by Gasteiger charge is 2.31. The lowest BCUT2D eigenvalue weighted by molar-refractivity contribution is -0.130. The minimum absolute atomic E-state index is 0.0725. The highest BCUT2D eigenvalue weighted by atomic mass is 16.5. The third-order valence-electron chi connectivity index (χ3n) is 3.19. The van der Waals surface area contributed by atoms with E-state index in [0.29, 0.717) is 0 Å². The van der Waals surface area contributed by atoms with Crippen LogP contribution in [0.2, 0.25) is 0 Å². The summed E-state index contributed by atoms with van der Waals surface area (Å²) in [6, 6.07) is 6.17. The van der Waals surface area contributed by atoms with Crippen molar-refractivity contribution in [2.45, 2.75) is 45.9 Å². The minimum Gasteiger partial charge on any atom is -0.370 e. The fourth-order valence-electron chi connectivity index (χ4n) is 2.78. The van der Waals surface area contributed by atoms with Gasteiger partial charge in [0.2, 0.25) is 0 Å². The van der Waals surface area contributed by atoms with Gasteiger partial charge in [-0.3, -0.25) is 4.90 Å². The first-order chi connectivity index (χ1) is 8.98. The van der Waals surface area contributed by atoms with E-state index in [4.69, 9.17) is 4.74 Å². The molecule has 106 valence electrons. The molecule has 4 nitrogen and oxygen atoms in total. The molecule has 1 aromatic heterocycles. The van der Waals surface area contributed by atoms with Crippen molar-refractivity contribution in [2.75, 3.05) is 25.0 Å². The van der Waals surface area contributed by atoms with Crippen molar-refractivity contribution in [3.63, 3.8) is 0 Å². The van der Waals surface area contributed by atoms with Crippen LogP contribution in [0.3, 0.4) is 0 Å². The first-order valence-electron chi connectivity index (χ1n) is 7.08. The lowest BCUT2D eigenvalue weighted by Gasteiger charge is -2.41. The van der Waals surface area contributed by atoms with Gasteiger partial charge in [-0.2, -0.15) is 0 Å². The normalized spacial score (nSPS) is 23.3. The summed E-state index contributed by atoms with van der Waals surface area (Å²) in [4.78, 5) is 7.06. The molecular formula is C15H25N3O. The lowest BCUT2D eigenvalue weighted by atomic mass is 10.1. The van der Waals surface area contributed by atoms with Gasteiger partial charge in [0.1, 0.15) is 5.82 Å². The average molecular weight is 263 g/mol. The number of hydrogen-bond acceptors (Lipinski definition) is 4.